The molecule has 2 aliphatic heterocycles. The van der Waals surface area contributed by atoms with E-state index in [1.165, 1.54) is 38.5 Å². The fourth-order valence-electron chi connectivity index (χ4n) is 5.59. The van der Waals surface area contributed by atoms with Gasteiger partial charge in [-0.05, 0) is 82.7 Å². The fraction of sp³-hybridized carbons (Fsp3) is 0.704. The van der Waals surface area contributed by atoms with Crippen molar-refractivity contribution in [3.8, 4) is 5.75 Å². The number of benzene rings is 1. The average Bonchev–Trinajstić information content (AvgIpc) is 2.84. The number of hydrogen-bond donors (Lipinski definition) is 1. The van der Waals surface area contributed by atoms with Gasteiger partial charge in [0.2, 0.25) is 5.91 Å². The standard InChI is InChI=1S/C27H41N3O3/c1-3-4-8-21-9-11-22(12-10-21)26(31)28-23-13-14-25-24(19-23)30(27(32)20(2)33-25)18-17-29-15-6-5-7-16-29/h13-14,19-22H,3-12,15-18H2,1-2H3,(H,28,31). The summed E-state index contributed by atoms with van der Waals surface area (Å²) in [5, 5.41) is 3.13. The van der Waals surface area contributed by atoms with Crippen LogP contribution >= 0.6 is 0 Å². The zero-order valence-corrected chi connectivity index (χ0v) is 20.5. The topological polar surface area (TPSA) is 61.9 Å². The molecule has 6 nitrogen and oxygen atoms in total. The third-order valence-corrected chi connectivity index (χ3v) is 7.71. The van der Waals surface area contributed by atoms with Gasteiger partial charge in [0.15, 0.2) is 6.10 Å². The predicted molar refractivity (Wildman–Crippen MR) is 133 cm³/mol. The lowest BCUT2D eigenvalue weighted by Gasteiger charge is -2.35. The number of fused-ring (bicyclic) bond motifs is 1. The lowest BCUT2D eigenvalue weighted by Crippen LogP contribution is -2.48. The van der Waals surface area contributed by atoms with E-state index in [4.69, 9.17) is 4.74 Å². The molecule has 6 heteroatoms. The highest BCUT2D eigenvalue weighted by Crippen LogP contribution is 2.37. The molecule has 1 N–H and O–H groups in total. The Labute approximate surface area is 199 Å². The van der Waals surface area contributed by atoms with Crippen LogP contribution in [-0.2, 0) is 9.59 Å². The summed E-state index contributed by atoms with van der Waals surface area (Å²) >= 11 is 0. The summed E-state index contributed by atoms with van der Waals surface area (Å²) in [5.41, 5.74) is 1.52. The first-order valence-electron chi connectivity index (χ1n) is 13.2. The Morgan fingerprint density at radius 3 is 2.58 bits per heavy atom. The van der Waals surface area contributed by atoms with Crippen molar-refractivity contribution in [2.75, 3.05) is 36.4 Å². The van der Waals surface area contributed by atoms with E-state index < -0.39 is 6.10 Å². The van der Waals surface area contributed by atoms with Crippen molar-refractivity contribution in [2.45, 2.75) is 84.2 Å². The molecule has 1 unspecified atom stereocenters. The molecule has 33 heavy (non-hydrogen) atoms. The van der Waals surface area contributed by atoms with Gasteiger partial charge in [0.05, 0.1) is 5.69 Å². The predicted octanol–water partition coefficient (Wildman–Crippen LogP) is 5.22. The molecule has 1 aliphatic carbocycles. The van der Waals surface area contributed by atoms with Gasteiger partial charge in [-0.1, -0.05) is 32.6 Å². The highest BCUT2D eigenvalue weighted by atomic mass is 16.5. The molecule has 1 saturated heterocycles. The summed E-state index contributed by atoms with van der Waals surface area (Å²) in [5.74, 6) is 1.70. The van der Waals surface area contributed by atoms with E-state index >= 15 is 0 Å². The van der Waals surface area contributed by atoms with E-state index in [1.54, 1.807) is 0 Å². The van der Waals surface area contributed by atoms with Crippen molar-refractivity contribution in [1.29, 1.82) is 0 Å². The van der Waals surface area contributed by atoms with E-state index in [0.717, 1.165) is 68.4 Å². The van der Waals surface area contributed by atoms with E-state index in [2.05, 4.69) is 17.1 Å². The Morgan fingerprint density at radius 2 is 1.85 bits per heavy atom. The molecule has 2 amide bonds. The van der Waals surface area contributed by atoms with Crippen LogP contribution in [0.1, 0.15) is 78.1 Å². The normalized spacial score (nSPS) is 25.9. The Kier molecular flexibility index (Phi) is 8.29. The van der Waals surface area contributed by atoms with Gasteiger partial charge in [-0.2, -0.15) is 0 Å². The van der Waals surface area contributed by atoms with E-state index in [9.17, 15) is 9.59 Å². The first-order chi connectivity index (χ1) is 16.0. The van der Waals surface area contributed by atoms with Gasteiger partial charge in [0, 0.05) is 24.7 Å². The van der Waals surface area contributed by atoms with Crippen LogP contribution in [-0.4, -0.2) is 49.0 Å². The number of anilines is 2. The summed E-state index contributed by atoms with van der Waals surface area (Å²) in [7, 11) is 0. The maximum atomic E-state index is 13.0. The molecule has 0 aromatic heterocycles. The van der Waals surface area contributed by atoms with Gasteiger partial charge in [-0.15, -0.1) is 0 Å². The minimum atomic E-state index is -0.484. The molecule has 1 aromatic rings. The van der Waals surface area contributed by atoms with E-state index in [-0.39, 0.29) is 17.7 Å². The molecule has 2 heterocycles. The third kappa shape index (κ3) is 6.08. The summed E-state index contributed by atoms with van der Waals surface area (Å²) in [6.07, 6.45) is 11.4. The summed E-state index contributed by atoms with van der Waals surface area (Å²) in [6.45, 7) is 7.79. The van der Waals surface area contributed by atoms with Gasteiger partial charge in [0.25, 0.3) is 5.91 Å². The number of nitrogens with one attached hydrogen (secondary N) is 1. The van der Waals surface area contributed by atoms with E-state index in [0.29, 0.717) is 6.54 Å². The SMILES string of the molecule is CCCCC1CCC(C(=O)Nc2ccc3c(c2)N(CCN2CCCCC2)C(=O)C(C)O3)CC1. The molecule has 0 radical (unpaired) electrons. The molecular formula is C27H41N3O3. The van der Waals surface area contributed by atoms with Crippen molar-refractivity contribution >= 4 is 23.2 Å². The second-order valence-electron chi connectivity index (χ2n) is 10.2. The second-order valence-corrected chi connectivity index (χ2v) is 10.2. The molecule has 4 rings (SSSR count). The smallest absolute Gasteiger partial charge is 0.267 e. The monoisotopic (exact) mass is 455 g/mol. The van der Waals surface area contributed by atoms with Gasteiger partial charge in [0.1, 0.15) is 5.75 Å². The quantitative estimate of drug-likeness (QED) is 0.584. The van der Waals surface area contributed by atoms with Crippen molar-refractivity contribution in [3.63, 3.8) is 0 Å². The van der Waals surface area contributed by atoms with Crippen molar-refractivity contribution in [3.05, 3.63) is 18.2 Å². The number of piperidine rings is 1. The number of carbonyl (C=O) groups excluding carboxylic acids is 2. The molecule has 1 atom stereocenters. The Balaban J connectivity index is 1.39. The number of amides is 2. The van der Waals surface area contributed by atoms with Crippen LogP contribution < -0.4 is 15.0 Å². The number of unbranched alkanes of at least 4 members (excludes halogenated alkanes) is 1. The Bertz CT molecular complexity index is 813. The van der Waals surface area contributed by atoms with Gasteiger partial charge < -0.3 is 19.9 Å². The van der Waals surface area contributed by atoms with Crippen molar-refractivity contribution < 1.29 is 14.3 Å². The van der Waals surface area contributed by atoms with Crippen LogP contribution in [0.5, 0.6) is 5.75 Å². The molecule has 1 aromatic carbocycles. The number of likely N-dealkylation sites (tertiary alicyclic amines) is 1. The zero-order valence-electron chi connectivity index (χ0n) is 20.5. The van der Waals surface area contributed by atoms with Gasteiger partial charge >= 0.3 is 0 Å². The minimum Gasteiger partial charge on any atom is -0.479 e. The van der Waals surface area contributed by atoms with Crippen molar-refractivity contribution in [2.24, 2.45) is 11.8 Å². The fourth-order valence-corrected chi connectivity index (χ4v) is 5.59. The minimum absolute atomic E-state index is 0.00612. The lowest BCUT2D eigenvalue weighted by atomic mass is 9.79. The molecule has 0 spiro atoms. The molecule has 182 valence electrons. The number of carbonyl (C=O) groups is 2. The summed E-state index contributed by atoms with van der Waals surface area (Å²) < 4.78 is 5.87. The van der Waals surface area contributed by atoms with Crippen LogP contribution in [0.15, 0.2) is 18.2 Å². The highest BCUT2D eigenvalue weighted by molar-refractivity contribution is 6.01. The van der Waals surface area contributed by atoms with Crippen LogP contribution in [0.25, 0.3) is 0 Å². The van der Waals surface area contributed by atoms with Gasteiger partial charge in [-0.25, -0.2) is 0 Å². The average molecular weight is 456 g/mol. The van der Waals surface area contributed by atoms with Crippen LogP contribution in [0.2, 0.25) is 0 Å². The van der Waals surface area contributed by atoms with Crippen molar-refractivity contribution in [1.82, 2.24) is 4.90 Å². The second kappa shape index (κ2) is 11.4. The number of hydrogen-bond acceptors (Lipinski definition) is 4. The first kappa shape index (κ1) is 24.1. The van der Waals surface area contributed by atoms with Crippen LogP contribution in [0.4, 0.5) is 11.4 Å². The summed E-state index contributed by atoms with van der Waals surface area (Å²) in [4.78, 5) is 30.2. The Morgan fingerprint density at radius 1 is 1.09 bits per heavy atom. The molecular weight excluding hydrogens is 414 g/mol. The highest BCUT2D eigenvalue weighted by Gasteiger charge is 2.32. The molecule has 3 aliphatic rings. The van der Waals surface area contributed by atoms with Crippen LogP contribution in [0.3, 0.4) is 0 Å². The molecule has 2 fully saturated rings. The maximum absolute atomic E-state index is 13.0. The number of nitrogens with zero attached hydrogens (tertiary/aromatic N) is 2. The molecule has 1 saturated carbocycles. The maximum Gasteiger partial charge on any atom is 0.267 e. The number of rotatable bonds is 8. The number of ether oxygens (including phenoxy) is 1. The lowest BCUT2D eigenvalue weighted by molar-refractivity contribution is -0.125. The largest absolute Gasteiger partial charge is 0.479 e. The van der Waals surface area contributed by atoms with Gasteiger partial charge in [-0.3, -0.25) is 9.59 Å². The molecule has 0 bridgehead atoms. The van der Waals surface area contributed by atoms with Crippen LogP contribution in [0, 0.1) is 11.8 Å². The summed E-state index contributed by atoms with van der Waals surface area (Å²) in [6, 6.07) is 5.71. The Hall–Kier alpha value is -2.08. The zero-order chi connectivity index (χ0) is 23.2. The first-order valence-corrected chi connectivity index (χ1v) is 13.2. The van der Waals surface area contributed by atoms with E-state index in [1.807, 2.05) is 30.0 Å². The third-order valence-electron chi connectivity index (χ3n) is 7.71.